The van der Waals surface area contributed by atoms with E-state index in [1.54, 1.807) is 24.3 Å². The lowest BCUT2D eigenvalue weighted by atomic mass is 9.97. The number of carbonyl (C=O) groups excluding carboxylic acids is 1. The predicted molar refractivity (Wildman–Crippen MR) is 141 cm³/mol. The van der Waals surface area contributed by atoms with E-state index in [0.29, 0.717) is 13.1 Å². The van der Waals surface area contributed by atoms with Crippen molar-refractivity contribution in [2.75, 3.05) is 25.0 Å². The van der Waals surface area contributed by atoms with Gasteiger partial charge >= 0.3 is 0 Å². The van der Waals surface area contributed by atoms with Crippen LogP contribution in [0.15, 0.2) is 83.8 Å². The fourth-order valence-electron chi connectivity index (χ4n) is 4.51. The number of para-hydroxylation sites is 1. The average Bonchev–Trinajstić information content (AvgIpc) is 2.88. The Labute approximate surface area is 208 Å². The summed E-state index contributed by atoms with van der Waals surface area (Å²) in [4.78, 5) is 15.6. The van der Waals surface area contributed by atoms with Gasteiger partial charge < -0.3 is 5.32 Å². The summed E-state index contributed by atoms with van der Waals surface area (Å²) in [6.45, 7) is 5.69. The first-order chi connectivity index (χ1) is 16.8. The molecule has 1 amide bonds. The molecule has 0 spiro atoms. The zero-order chi connectivity index (χ0) is 24.8. The number of piperidine rings is 1. The number of amides is 1. The number of rotatable bonds is 8. The van der Waals surface area contributed by atoms with Crippen LogP contribution in [0.2, 0.25) is 0 Å². The summed E-state index contributed by atoms with van der Waals surface area (Å²) in [5.41, 5.74) is 3.84. The van der Waals surface area contributed by atoms with Crippen LogP contribution in [0, 0.1) is 12.8 Å². The molecule has 1 heterocycles. The molecule has 0 radical (unpaired) electrons. The zero-order valence-corrected chi connectivity index (χ0v) is 21.1. The van der Waals surface area contributed by atoms with Gasteiger partial charge in [0.1, 0.15) is 0 Å². The first-order valence-electron chi connectivity index (χ1n) is 12.1. The summed E-state index contributed by atoms with van der Waals surface area (Å²) >= 11 is 0. The van der Waals surface area contributed by atoms with E-state index >= 15 is 0 Å². The van der Waals surface area contributed by atoms with Gasteiger partial charge in [-0.15, -0.1) is 0 Å². The maximum Gasteiger partial charge on any atom is 0.241 e. The molecule has 35 heavy (non-hydrogen) atoms. The van der Waals surface area contributed by atoms with E-state index in [-0.39, 0.29) is 22.8 Å². The Morgan fingerprint density at radius 2 is 1.69 bits per heavy atom. The van der Waals surface area contributed by atoms with Crippen molar-refractivity contribution in [2.24, 2.45) is 5.92 Å². The minimum atomic E-state index is -3.55. The molecule has 4 rings (SSSR count). The smallest absolute Gasteiger partial charge is 0.241 e. The van der Waals surface area contributed by atoms with Crippen LogP contribution in [-0.2, 0) is 14.8 Å². The van der Waals surface area contributed by atoms with Gasteiger partial charge in [0.2, 0.25) is 15.9 Å². The van der Waals surface area contributed by atoms with Gasteiger partial charge in [-0.05, 0) is 62.9 Å². The first-order valence-corrected chi connectivity index (χ1v) is 13.6. The monoisotopic (exact) mass is 491 g/mol. The van der Waals surface area contributed by atoms with Crippen molar-refractivity contribution < 1.29 is 13.2 Å². The van der Waals surface area contributed by atoms with Crippen molar-refractivity contribution in [3.63, 3.8) is 0 Å². The Morgan fingerprint density at radius 1 is 1.00 bits per heavy atom. The van der Waals surface area contributed by atoms with E-state index in [2.05, 4.69) is 14.9 Å². The third kappa shape index (κ3) is 6.36. The number of hydrogen-bond donors (Lipinski definition) is 2. The Balaban J connectivity index is 1.37. The summed E-state index contributed by atoms with van der Waals surface area (Å²) in [5.74, 6) is 0.0881. The highest BCUT2D eigenvalue weighted by Crippen LogP contribution is 2.28. The molecule has 7 heteroatoms. The van der Waals surface area contributed by atoms with Crippen LogP contribution in [0.4, 0.5) is 5.69 Å². The molecular weight excluding hydrogens is 458 g/mol. The summed E-state index contributed by atoms with van der Waals surface area (Å²) in [6.07, 6.45) is 1.85. The van der Waals surface area contributed by atoms with Crippen molar-refractivity contribution in [3.05, 3.63) is 84.4 Å². The van der Waals surface area contributed by atoms with Crippen LogP contribution in [0.3, 0.4) is 0 Å². The fraction of sp³-hybridized carbons (Fsp3) is 0.321. The number of likely N-dealkylation sites (tertiary alicyclic amines) is 1. The van der Waals surface area contributed by atoms with E-state index in [4.69, 9.17) is 0 Å². The quantitative estimate of drug-likeness (QED) is 0.480. The second-order valence-electron chi connectivity index (χ2n) is 9.24. The topological polar surface area (TPSA) is 78.5 Å². The van der Waals surface area contributed by atoms with Crippen molar-refractivity contribution in [1.29, 1.82) is 0 Å². The molecule has 1 aliphatic rings. The molecule has 3 aromatic carbocycles. The predicted octanol–water partition coefficient (Wildman–Crippen LogP) is 4.68. The van der Waals surface area contributed by atoms with Gasteiger partial charge in [0.25, 0.3) is 0 Å². The number of aryl methyl sites for hydroxylation is 1. The number of carbonyl (C=O) groups is 1. The SMILES string of the molecule is Cc1ccc(S(=O)(=O)NCC2CCCN(C(C)C(=O)Nc3ccccc3-c3ccccc3)C2)cc1. The van der Waals surface area contributed by atoms with Crippen LogP contribution >= 0.6 is 0 Å². The molecule has 2 atom stereocenters. The second kappa shape index (κ2) is 11.2. The minimum absolute atomic E-state index is 0.0609. The molecular formula is C28H33N3O3S. The molecule has 184 valence electrons. The molecule has 6 nitrogen and oxygen atoms in total. The number of nitrogens with zero attached hydrogens (tertiary/aromatic N) is 1. The Hall–Kier alpha value is -3.00. The van der Waals surface area contributed by atoms with Crippen LogP contribution in [0.5, 0.6) is 0 Å². The van der Waals surface area contributed by atoms with Crippen molar-refractivity contribution >= 4 is 21.6 Å². The second-order valence-corrected chi connectivity index (χ2v) is 11.0. The molecule has 0 aliphatic carbocycles. The molecule has 1 aliphatic heterocycles. The van der Waals surface area contributed by atoms with Crippen molar-refractivity contribution in [3.8, 4) is 11.1 Å². The standard InChI is InChI=1S/C28H33N3O3S/c1-21-14-16-25(17-15-21)35(33,34)29-19-23-9-8-18-31(20-23)22(2)28(32)30-27-13-7-6-12-26(27)24-10-4-3-5-11-24/h3-7,10-17,22-23,29H,8-9,18-20H2,1-2H3,(H,30,32). The normalized spacial score (nSPS) is 17.6. The maximum atomic E-state index is 13.2. The van der Waals surface area contributed by atoms with Crippen LogP contribution in [0.25, 0.3) is 11.1 Å². The van der Waals surface area contributed by atoms with Crippen LogP contribution in [0.1, 0.15) is 25.3 Å². The number of benzene rings is 3. The molecule has 0 saturated carbocycles. The highest BCUT2D eigenvalue weighted by molar-refractivity contribution is 7.89. The Bertz CT molecular complexity index is 1240. The third-order valence-electron chi connectivity index (χ3n) is 6.64. The summed E-state index contributed by atoms with van der Waals surface area (Å²) < 4.78 is 28.1. The lowest BCUT2D eigenvalue weighted by Crippen LogP contribution is -2.49. The summed E-state index contributed by atoms with van der Waals surface area (Å²) in [6, 6.07) is 24.3. The maximum absolute atomic E-state index is 13.2. The zero-order valence-electron chi connectivity index (χ0n) is 20.3. The van der Waals surface area contributed by atoms with Gasteiger partial charge in [0.15, 0.2) is 0 Å². The molecule has 2 N–H and O–H groups in total. The van der Waals surface area contributed by atoms with Gasteiger partial charge in [-0.2, -0.15) is 0 Å². The fourth-order valence-corrected chi connectivity index (χ4v) is 5.62. The van der Waals surface area contributed by atoms with Gasteiger partial charge in [0, 0.05) is 24.3 Å². The van der Waals surface area contributed by atoms with Gasteiger partial charge in [0.05, 0.1) is 10.9 Å². The van der Waals surface area contributed by atoms with Gasteiger partial charge in [-0.1, -0.05) is 66.2 Å². The van der Waals surface area contributed by atoms with Crippen molar-refractivity contribution in [1.82, 2.24) is 9.62 Å². The Kier molecular flexibility index (Phi) is 8.00. The molecule has 0 bridgehead atoms. The number of anilines is 1. The molecule has 1 fully saturated rings. The first kappa shape index (κ1) is 25.1. The number of sulfonamides is 1. The van der Waals surface area contributed by atoms with E-state index in [1.807, 2.05) is 68.4 Å². The number of nitrogens with one attached hydrogen (secondary N) is 2. The van der Waals surface area contributed by atoms with Gasteiger partial charge in [-0.25, -0.2) is 13.1 Å². The molecule has 3 aromatic rings. The summed E-state index contributed by atoms with van der Waals surface area (Å²) in [7, 11) is -3.55. The van der Waals surface area contributed by atoms with Crippen LogP contribution in [-0.4, -0.2) is 44.9 Å². The highest BCUT2D eigenvalue weighted by Gasteiger charge is 2.28. The van der Waals surface area contributed by atoms with Crippen LogP contribution < -0.4 is 10.0 Å². The molecule has 1 saturated heterocycles. The largest absolute Gasteiger partial charge is 0.324 e. The third-order valence-corrected chi connectivity index (χ3v) is 8.08. The van der Waals surface area contributed by atoms with E-state index < -0.39 is 10.0 Å². The van der Waals surface area contributed by atoms with E-state index in [0.717, 1.165) is 41.8 Å². The van der Waals surface area contributed by atoms with Crippen molar-refractivity contribution in [2.45, 2.75) is 37.6 Å². The highest BCUT2D eigenvalue weighted by atomic mass is 32.2. The lowest BCUT2D eigenvalue weighted by molar-refractivity contribution is -0.121. The number of hydrogen-bond acceptors (Lipinski definition) is 4. The minimum Gasteiger partial charge on any atom is -0.324 e. The molecule has 0 aromatic heterocycles. The van der Waals surface area contributed by atoms with E-state index in [1.165, 1.54) is 0 Å². The van der Waals surface area contributed by atoms with Gasteiger partial charge in [-0.3, -0.25) is 9.69 Å². The molecule has 2 unspecified atom stereocenters. The Morgan fingerprint density at radius 3 is 2.43 bits per heavy atom. The average molecular weight is 492 g/mol. The lowest BCUT2D eigenvalue weighted by Gasteiger charge is -2.36. The van der Waals surface area contributed by atoms with E-state index in [9.17, 15) is 13.2 Å². The summed E-state index contributed by atoms with van der Waals surface area (Å²) in [5, 5.41) is 3.11.